The Morgan fingerprint density at radius 2 is 1.78 bits per heavy atom. The van der Waals surface area contributed by atoms with Gasteiger partial charge in [0.15, 0.2) is 5.96 Å². The summed E-state index contributed by atoms with van der Waals surface area (Å²) in [6.45, 7) is 5.41. The molecule has 2 aliphatic rings. The largest absolute Gasteiger partial charge is 0.497 e. The van der Waals surface area contributed by atoms with Crippen LogP contribution in [0.15, 0.2) is 23.2 Å². The van der Waals surface area contributed by atoms with Crippen molar-refractivity contribution in [1.29, 1.82) is 0 Å². The maximum Gasteiger partial charge on any atom is 0.191 e. The van der Waals surface area contributed by atoms with Crippen LogP contribution < -0.4 is 20.1 Å². The van der Waals surface area contributed by atoms with E-state index in [-0.39, 0.29) is 30.5 Å². The third-order valence-corrected chi connectivity index (χ3v) is 6.41. The lowest BCUT2D eigenvalue weighted by Gasteiger charge is -2.40. The summed E-state index contributed by atoms with van der Waals surface area (Å²) in [6.07, 6.45) is 8.47. The fraction of sp³-hybridized carbons (Fsp3) is 0.708. The Morgan fingerprint density at radius 3 is 2.41 bits per heavy atom. The number of aliphatic hydroxyl groups is 1. The highest BCUT2D eigenvalue weighted by molar-refractivity contribution is 14.0. The second-order valence-corrected chi connectivity index (χ2v) is 8.65. The molecule has 1 heterocycles. The molecule has 2 unspecified atom stereocenters. The number of hydrogen-bond donors (Lipinski definition) is 3. The normalized spacial score (nSPS) is 21.4. The van der Waals surface area contributed by atoms with E-state index in [2.05, 4.69) is 27.4 Å². The molecule has 0 aromatic heterocycles. The van der Waals surface area contributed by atoms with Crippen molar-refractivity contribution in [2.75, 3.05) is 40.4 Å². The van der Waals surface area contributed by atoms with Gasteiger partial charge in [0.05, 0.1) is 26.9 Å². The average Bonchev–Trinajstić information content (AvgIpc) is 2.82. The first-order chi connectivity index (χ1) is 15.1. The van der Waals surface area contributed by atoms with Crippen LogP contribution in [0.25, 0.3) is 0 Å². The van der Waals surface area contributed by atoms with E-state index in [4.69, 9.17) is 9.47 Å². The number of likely N-dealkylation sites (tertiary alicyclic amines) is 1. The van der Waals surface area contributed by atoms with E-state index in [1.165, 1.54) is 45.1 Å². The predicted octanol–water partition coefficient (Wildman–Crippen LogP) is 3.71. The molecule has 182 valence electrons. The number of methoxy groups -OCH3 is 2. The summed E-state index contributed by atoms with van der Waals surface area (Å²) < 4.78 is 10.6. The van der Waals surface area contributed by atoms with Gasteiger partial charge in [-0.3, -0.25) is 9.89 Å². The zero-order chi connectivity index (χ0) is 22.1. The molecule has 1 saturated heterocycles. The van der Waals surface area contributed by atoms with Gasteiger partial charge in [0.2, 0.25) is 0 Å². The molecule has 2 fully saturated rings. The maximum absolute atomic E-state index is 10.7. The quantitative estimate of drug-likeness (QED) is 0.256. The minimum Gasteiger partial charge on any atom is -0.497 e. The van der Waals surface area contributed by atoms with E-state index < -0.39 is 6.10 Å². The van der Waals surface area contributed by atoms with Crippen LogP contribution in [-0.4, -0.2) is 68.4 Å². The van der Waals surface area contributed by atoms with Crippen LogP contribution in [0.2, 0.25) is 0 Å². The van der Waals surface area contributed by atoms with Crippen molar-refractivity contribution < 1.29 is 14.6 Å². The lowest BCUT2D eigenvalue weighted by Crippen LogP contribution is -2.53. The van der Waals surface area contributed by atoms with Gasteiger partial charge >= 0.3 is 0 Å². The van der Waals surface area contributed by atoms with Gasteiger partial charge in [0, 0.05) is 31.2 Å². The van der Waals surface area contributed by atoms with Crippen LogP contribution >= 0.6 is 24.0 Å². The van der Waals surface area contributed by atoms with Crippen molar-refractivity contribution in [2.45, 2.75) is 70.1 Å². The summed E-state index contributed by atoms with van der Waals surface area (Å²) >= 11 is 0. The van der Waals surface area contributed by atoms with E-state index in [0.717, 1.165) is 37.1 Å². The first-order valence-corrected chi connectivity index (χ1v) is 11.8. The summed E-state index contributed by atoms with van der Waals surface area (Å²) in [7, 11) is 3.22. The molecular formula is C24H41IN4O3. The van der Waals surface area contributed by atoms with Crippen LogP contribution in [0.3, 0.4) is 0 Å². The number of nitrogens with one attached hydrogen (secondary N) is 2. The van der Waals surface area contributed by atoms with Gasteiger partial charge < -0.3 is 25.2 Å². The molecule has 0 bridgehead atoms. The molecule has 3 rings (SSSR count). The van der Waals surface area contributed by atoms with Crippen molar-refractivity contribution in [3.05, 3.63) is 23.8 Å². The Hall–Kier alpha value is -1.26. The molecule has 1 aliphatic heterocycles. The Balaban J connectivity index is 0.00000363. The smallest absolute Gasteiger partial charge is 0.191 e. The standard InChI is InChI=1S/C24H40N4O3.HI/c1-4-25-24(26-16-23(29)18-13-21(30-2)15-22(14-18)31-3)27-19-9-8-12-28(17-19)20-10-6-5-7-11-20;/h13-15,19-20,23,29H,4-12,16-17H2,1-3H3,(H2,25,26,27);1H. The van der Waals surface area contributed by atoms with E-state index in [9.17, 15) is 5.11 Å². The van der Waals surface area contributed by atoms with Crippen LogP contribution in [0, 0.1) is 0 Å². The Bertz CT molecular complexity index is 690. The maximum atomic E-state index is 10.7. The number of nitrogens with zero attached hydrogens (tertiary/aromatic N) is 2. The lowest BCUT2D eigenvalue weighted by atomic mass is 9.92. The molecular weight excluding hydrogens is 519 g/mol. The van der Waals surface area contributed by atoms with Gasteiger partial charge in [-0.05, 0) is 56.8 Å². The predicted molar refractivity (Wildman–Crippen MR) is 141 cm³/mol. The molecule has 0 radical (unpaired) electrons. The molecule has 7 nitrogen and oxygen atoms in total. The van der Waals surface area contributed by atoms with Crippen molar-refractivity contribution >= 4 is 29.9 Å². The number of aliphatic hydroxyl groups excluding tert-OH is 1. The second-order valence-electron chi connectivity index (χ2n) is 8.65. The first kappa shape index (κ1) is 27.0. The average molecular weight is 561 g/mol. The SMILES string of the molecule is CCNC(=NCC(O)c1cc(OC)cc(OC)c1)NC1CCCN(C2CCCCC2)C1.I. The minimum atomic E-state index is -0.732. The number of ether oxygens (including phenoxy) is 2. The monoisotopic (exact) mass is 560 g/mol. The summed E-state index contributed by atoms with van der Waals surface area (Å²) in [4.78, 5) is 7.36. The van der Waals surface area contributed by atoms with Gasteiger partial charge in [-0.25, -0.2) is 0 Å². The van der Waals surface area contributed by atoms with Crippen molar-refractivity contribution in [2.24, 2.45) is 4.99 Å². The zero-order valence-corrected chi connectivity index (χ0v) is 22.1. The van der Waals surface area contributed by atoms with Crippen LogP contribution in [0.1, 0.15) is 63.5 Å². The molecule has 3 N–H and O–H groups in total. The molecule has 1 aromatic carbocycles. The second kappa shape index (κ2) is 14.1. The Morgan fingerprint density at radius 1 is 1.09 bits per heavy atom. The van der Waals surface area contributed by atoms with Gasteiger partial charge in [0.25, 0.3) is 0 Å². The summed E-state index contributed by atoms with van der Waals surface area (Å²) in [6, 6.07) is 6.59. The van der Waals surface area contributed by atoms with Crippen LogP contribution in [0.5, 0.6) is 11.5 Å². The van der Waals surface area contributed by atoms with E-state index in [1.807, 2.05) is 12.1 Å². The third-order valence-electron chi connectivity index (χ3n) is 6.41. The zero-order valence-electron chi connectivity index (χ0n) is 19.8. The van der Waals surface area contributed by atoms with E-state index in [0.29, 0.717) is 17.5 Å². The van der Waals surface area contributed by atoms with Crippen molar-refractivity contribution in [1.82, 2.24) is 15.5 Å². The minimum absolute atomic E-state index is 0. The molecule has 32 heavy (non-hydrogen) atoms. The summed E-state index contributed by atoms with van der Waals surface area (Å²) in [5.41, 5.74) is 0.733. The number of benzene rings is 1. The van der Waals surface area contributed by atoms with Crippen molar-refractivity contribution in [3.8, 4) is 11.5 Å². The summed E-state index contributed by atoms with van der Waals surface area (Å²) in [5, 5.41) is 17.7. The lowest BCUT2D eigenvalue weighted by molar-refractivity contribution is 0.115. The highest BCUT2D eigenvalue weighted by atomic mass is 127. The van der Waals surface area contributed by atoms with E-state index >= 15 is 0 Å². The molecule has 8 heteroatoms. The van der Waals surface area contributed by atoms with Gasteiger partial charge in [-0.1, -0.05) is 19.3 Å². The molecule has 2 atom stereocenters. The molecule has 0 spiro atoms. The third kappa shape index (κ3) is 7.95. The fourth-order valence-electron chi connectivity index (χ4n) is 4.72. The number of aliphatic imine (C=N–C) groups is 1. The molecule has 1 saturated carbocycles. The van der Waals surface area contributed by atoms with Crippen molar-refractivity contribution in [3.63, 3.8) is 0 Å². The molecule has 0 amide bonds. The molecule has 1 aliphatic carbocycles. The number of piperidine rings is 1. The highest BCUT2D eigenvalue weighted by Crippen LogP contribution is 2.27. The number of guanidine groups is 1. The van der Waals surface area contributed by atoms with Gasteiger partial charge in [-0.15, -0.1) is 24.0 Å². The fourth-order valence-corrected chi connectivity index (χ4v) is 4.72. The Kier molecular flexibility index (Phi) is 11.9. The Labute approximate surface area is 210 Å². The topological polar surface area (TPSA) is 78.4 Å². The summed E-state index contributed by atoms with van der Waals surface area (Å²) in [5.74, 6) is 2.09. The first-order valence-electron chi connectivity index (χ1n) is 11.8. The molecule has 1 aromatic rings. The van der Waals surface area contributed by atoms with Crippen LogP contribution in [0.4, 0.5) is 0 Å². The number of halogens is 1. The van der Waals surface area contributed by atoms with Gasteiger partial charge in [-0.2, -0.15) is 0 Å². The number of rotatable bonds is 8. The van der Waals surface area contributed by atoms with E-state index in [1.54, 1.807) is 20.3 Å². The number of hydrogen-bond acceptors (Lipinski definition) is 5. The van der Waals surface area contributed by atoms with Crippen LogP contribution in [-0.2, 0) is 0 Å². The van der Waals surface area contributed by atoms with Gasteiger partial charge in [0.1, 0.15) is 11.5 Å². The highest BCUT2D eigenvalue weighted by Gasteiger charge is 2.27.